The number of hydrogen-bond donors (Lipinski definition) is 2. The van der Waals surface area contributed by atoms with Crippen molar-refractivity contribution in [3.63, 3.8) is 0 Å². The summed E-state index contributed by atoms with van der Waals surface area (Å²) in [6.45, 7) is 10.8. The summed E-state index contributed by atoms with van der Waals surface area (Å²) < 4.78 is 5.09. The van der Waals surface area contributed by atoms with Crippen molar-refractivity contribution in [1.29, 1.82) is 0 Å². The van der Waals surface area contributed by atoms with Gasteiger partial charge in [0, 0.05) is 24.6 Å². The van der Waals surface area contributed by atoms with Gasteiger partial charge in [0.05, 0.1) is 18.8 Å². The van der Waals surface area contributed by atoms with E-state index in [4.69, 9.17) is 9.63 Å². The summed E-state index contributed by atoms with van der Waals surface area (Å²) in [6, 6.07) is 1.72. The molecule has 0 aliphatic carbocycles. The summed E-state index contributed by atoms with van der Waals surface area (Å²) in [7, 11) is 0. The fraction of sp³-hybridized carbons (Fsp3) is 0.571. The summed E-state index contributed by atoms with van der Waals surface area (Å²) in [5.74, 6) is 0.124. The lowest BCUT2D eigenvalue weighted by atomic mass is 9.92. The van der Waals surface area contributed by atoms with E-state index >= 15 is 0 Å². The zero-order valence-electron chi connectivity index (χ0n) is 12.3. The van der Waals surface area contributed by atoms with E-state index < -0.39 is 0 Å². The van der Waals surface area contributed by atoms with Crippen molar-refractivity contribution < 1.29 is 14.4 Å². The van der Waals surface area contributed by atoms with Crippen LogP contribution in [0.2, 0.25) is 0 Å². The van der Waals surface area contributed by atoms with Gasteiger partial charge in [0.1, 0.15) is 0 Å². The van der Waals surface area contributed by atoms with E-state index in [1.807, 2.05) is 20.8 Å². The van der Waals surface area contributed by atoms with Gasteiger partial charge in [-0.1, -0.05) is 32.0 Å². The molecule has 1 aromatic rings. The Hall–Kier alpha value is -1.66. The predicted molar refractivity (Wildman–Crippen MR) is 77.6 cm³/mol. The molecule has 1 aromatic heterocycles. The number of nitrogens with zero attached hydrogens (tertiary/aromatic N) is 2. The Kier molecular flexibility index (Phi) is 5.91. The summed E-state index contributed by atoms with van der Waals surface area (Å²) in [5, 5.41) is 15.5. The van der Waals surface area contributed by atoms with Crippen LogP contribution in [0, 0.1) is 0 Å². The number of rotatable bonds is 7. The highest BCUT2D eigenvalue weighted by Crippen LogP contribution is 2.23. The Morgan fingerprint density at radius 2 is 2.30 bits per heavy atom. The van der Waals surface area contributed by atoms with Gasteiger partial charge in [-0.25, -0.2) is 0 Å². The molecule has 1 heterocycles. The normalized spacial score (nSPS) is 11.7. The number of amides is 1. The van der Waals surface area contributed by atoms with E-state index in [9.17, 15) is 4.79 Å². The molecule has 112 valence electrons. The molecule has 0 bridgehead atoms. The molecule has 6 nitrogen and oxygen atoms in total. The predicted octanol–water partition coefficient (Wildman–Crippen LogP) is 1.39. The molecule has 6 heteroatoms. The van der Waals surface area contributed by atoms with E-state index in [-0.39, 0.29) is 24.5 Å². The molecule has 1 amide bonds. The molecule has 0 spiro atoms. The molecule has 0 atom stereocenters. The molecular formula is C14H23N3O3. The molecule has 1 rings (SSSR count). The zero-order valence-corrected chi connectivity index (χ0v) is 12.3. The highest BCUT2D eigenvalue weighted by molar-refractivity contribution is 5.91. The highest BCUT2D eigenvalue weighted by Gasteiger charge is 2.20. The number of carbonyl (C=O) groups excluding carboxylic acids is 1. The zero-order chi connectivity index (χ0) is 15.2. The van der Waals surface area contributed by atoms with Crippen LogP contribution in [0.25, 0.3) is 0 Å². The number of nitrogens with one attached hydrogen (secondary N) is 1. The molecule has 20 heavy (non-hydrogen) atoms. The lowest BCUT2D eigenvalue weighted by Crippen LogP contribution is -2.35. The smallest absolute Gasteiger partial charge is 0.240 e. The van der Waals surface area contributed by atoms with E-state index in [1.165, 1.54) is 0 Å². The Labute approximate surface area is 119 Å². The monoisotopic (exact) mass is 281 g/mol. The topological polar surface area (TPSA) is 78.6 Å². The van der Waals surface area contributed by atoms with Gasteiger partial charge in [-0.2, -0.15) is 0 Å². The third-order valence-corrected chi connectivity index (χ3v) is 2.71. The lowest BCUT2D eigenvalue weighted by Gasteiger charge is -2.17. The summed E-state index contributed by atoms with van der Waals surface area (Å²) in [4.78, 5) is 13.7. The van der Waals surface area contributed by atoms with Crippen LogP contribution in [0.1, 0.15) is 26.5 Å². The minimum Gasteiger partial charge on any atom is -0.395 e. The van der Waals surface area contributed by atoms with Crippen LogP contribution in [0.4, 0.5) is 5.88 Å². The Morgan fingerprint density at radius 3 is 2.80 bits per heavy atom. The minimum absolute atomic E-state index is 0.00238. The van der Waals surface area contributed by atoms with E-state index in [0.29, 0.717) is 19.0 Å². The number of hydrogen-bond acceptors (Lipinski definition) is 5. The average Bonchev–Trinajstić information content (AvgIpc) is 2.77. The van der Waals surface area contributed by atoms with Gasteiger partial charge in [0.2, 0.25) is 11.8 Å². The average molecular weight is 281 g/mol. The first-order valence-corrected chi connectivity index (χ1v) is 6.58. The van der Waals surface area contributed by atoms with Crippen molar-refractivity contribution in [2.75, 3.05) is 31.6 Å². The van der Waals surface area contributed by atoms with Crippen LogP contribution in [0.15, 0.2) is 23.2 Å². The van der Waals surface area contributed by atoms with Crippen molar-refractivity contribution in [3.8, 4) is 0 Å². The minimum atomic E-state index is -0.211. The molecule has 0 aliphatic rings. The van der Waals surface area contributed by atoms with E-state index in [0.717, 1.165) is 5.69 Å². The maximum Gasteiger partial charge on any atom is 0.240 e. The molecule has 0 aliphatic heterocycles. The molecule has 0 radical (unpaired) electrons. The van der Waals surface area contributed by atoms with Gasteiger partial charge in [0.25, 0.3) is 0 Å². The van der Waals surface area contributed by atoms with Crippen LogP contribution >= 0.6 is 0 Å². The third-order valence-electron chi connectivity index (χ3n) is 2.71. The van der Waals surface area contributed by atoms with Gasteiger partial charge in [-0.05, 0) is 0 Å². The van der Waals surface area contributed by atoms with Crippen LogP contribution in [-0.2, 0) is 10.2 Å². The molecule has 0 fully saturated rings. The number of anilines is 1. The molecular weight excluding hydrogens is 258 g/mol. The van der Waals surface area contributed by atoms with Crippen molar-refractivity contribution >= 4 is 11.8 Å². The second-order valence-electron chi connectivity index (χ2n) is 5.62. The van der Waals surface area contributed by atoms with Gasteiger partial charge >= 0.3 is 0 Å². The van der Waals surface area contributed by atoms with E-state index in [2.05, 4.69) is 17.1 Å². The van der Waals surface area contributed by atoms with Crippen molar-refractivity contribution in [1.82, 2.24) is 10.1 Å². The third kappa shape index (κ3) is 5.14. The van der Waals surface area contributed by atoms with Gasteiger partial charge in [-0.3, -0.25) is 15.0 Å². The van der Waals surface area contributed by atoms with Crippen LogP contribution in [-0.4, -0.2) is 47.3 Å². The van der Waals surface area contributed by atoms with Crippen LogP contribution < -0.4 is 5.32 Å². The maximum atomic E-state index is 11.9. The second kappa shape index (κ2) is 7.21. The number of aliphatic hydroxyl groups excluding tert-OH is 1. The van der Waals surface area contributed by atoms with Gasteiger partial charge in [-0.15, -0.1) is 6.58 Å². The quantitative estimate of drug-likeness (QED) is 0.738. The summed E-state index contributed by atoms with van der Waals surface area (Å²) in [5.41, 5.74) is 0.657. The molecule has 0 saturated carbocycles. The highest BCUT2D eigenvalue weighted by atomic mass is 16.5. The fourth-order valence-corrected chi connectivity index (χ4v) is 1.63. The summed E-state index contributed by atoms with van der Waals surface area (Å²) in [6.07, 6.45) is 1.69. The molecule has 0 saturated heterocycles. The Balaban J connectivity index is 2.57. The fourth-order valence-electron chi connectivity index (χ4n) is 1.63. The molecule has 2 N–H and O–H groups in total. The van der Waals surface area contributed by atoms with Crippen LogP contribution in [0.3, 0.4) is 0 Å². The SMILES string of the molecule is C=CCN(CCO)CC(=O)Nc1cc(C(C)(C)C)no1. The van der Waals surface area contributed by atoms with E-state index in [1.54, 1.807) is 17.0 Å². The number of carbonyl (C=O) groups is 1. The lowest BCUT2D eigenvalue weighted by molar-refractivity contribution is -0.117. The first-order valence-electron chi connectivity index (χ1n) is 6.58. The Morgan fingerprint density at radius 1 is 1.60 bits per heavy atom. The Bertz CT molecular complexity index is 449. The number of aliphatic hydroxyl groups is 1. The van der Waals surface area contributed by atoms with Crippen LogP contribution in [0.5, 0.6) is 0 Å². The van der Waals surface area contributed by atoms with Gasteiger partial charge < -0.3 is 9.63 Å². The first kappa shape index (κ1) is 16.4. The van der Waals surface area contributed by atoms with Crippen molar-refractivity contribution in [2.24, 2.45) is 0 Å². The summed E-state index contributed by atoms with van der Waals surface area (Å²) >= 11 is 0. The maximum absolute atomic E-state index is 11.9. The standard InChI is InChI=1S/C14H23N3O3/c1-5-6-17(7-8-18)10-12(19)15-13-9-11(16-20-13)14(2,3)4/h5,9,18H,1,6-8,10H2,2-4H3,(H,15,19). The van der Waals surface area contributed by atoms with Crippen molar-refractivity contribution in [2.45, 2.75) is 26.2 Å². The second-order valence-corrected chi connectivity index (χ2v) is 5.62. The van der Waals surface area contributed by atoms with Crippen molar-refractivity contribution in [3.05, 3.63) is 24.4 Å². The molecule has 0 unspecified atom stereocenters. The molecule has 0 aromatic carbocycles. The first-order chi connectivity index (χ1) is 9.36. The van der Waals surface area contributed by atoms with Gasteiger partial charge in [0.15, 0.2) is 0 Å². The largest absolute Gasteiger partial charge is 0.395 e. The number of aromatic nitrogens is 1.